The molecule has 0 aliphatic heterocycles. The average molecular weight is 234 g/mol. The Labute approximate surface area is 99.5 Å². The summed E-state index contributed by atoms with van der Waals surface area (Å²) in [6, 6.07) is 4.52. The SMILES string of the molecule is CN(Cc1cnn(C)c1)c1cc(N)cc(F)c1. The molecule has 17 heavy (non-hydrogen) atoms. The number of hydrogen-bond donors (Lipinski definition) is 1. The van der Waals surface area contributed by atoms with Crippen LogP contribution in [0.3, 0.4) is 0 Å². The summed E-state index contributed by atoms with van der Waals surface area (Å²) in [6.45, 7) is 0.663. The summed E-state index contributed by atoms with van der Waals surface area (Å²) < 4.78 is 14.9. The van der Waals surface area contributed by atoms with Gasteiger partial charge in [0.15, 0.2) is 0 Å². The number of benzene rings is 1. The normalized spacial score (nSPS) is 10.5. The van der Waals surface area contributed by atoms with Crippen LogP contribution in [0.2, 0.25) is 0 Å². The second-order valence-electron chi connectivity index (χ2n) is 4.12. The second-order valence-corrected chi connectivity index (χ2v) is 4.12. The molecule has 90 valence electrons. The topological polar surface area (TPSA) is 47.1 Å². The fourth-order valence-electron chi connectivity index (χ4n) is 1.74. The van der Waals surface area contributed by atoms with Crippen LogP contribution in [0, 0.1) is 5.82 Å². The van der Waals surface area contributed by atoms with Crippen molar-refractivity contribution in [1.82, 2.24) is 9.78 Å². The maximum atomic E-state index is 13.2. The van der Waals surface area contributed by atoms with Gasteiger partial charge < -0.3 is 10.6 Å². The molecule has 0 saturated carbocycles. The van der Waals surface area contributed by atoms with E-state index in [9.17, 15) is 4.39 Å². The molecule has 2 aromatic rings. The van der Waals surface area contributed by atoms with Crippen molar-refractivity contribution in [3.8, 4) is 0 Å². The lowest BCUT2D eigenvalue weighted by Gasteiger charge is -2.18. The number of aromatic nitrogens is 2. The first-order valence-electron chi connectivity index (χ1n) is 5.29. The maximum Gasteiger partial charge on any atom is 0.127 e. The second kappa shape index (κ2) is 4.45. The van der Waals surface area contributed by atoms with E-state index in [0.717, 1.165) is 11.3 Å². The summed E-state index contributed by atoms with van der Waals surface area (Å²) in [6.07, 6.45) is 3.72. The first-order chi connectivity index (χ1) is 8.04. The molecule has 1 aromatic heterocycles. The summed E-state index contributed by atoms with van der Waals surface area (Å²) in [7, 11) is 3.75. The van der Waals surface area contributed by atoms with E-state index < -0.39 is 0 Å². The number of anilines is 2. The maximum absolute atomic E-state index is 13.2. The molecule has 0 atom stereocenters. The van der Waals surface area contributed by atoms with E-state index in [1.165, 1.54) is 12.1 Å². The summed E-state index contributed by atoms with van der Waals surface area (Å²) in [5.74, 6) is -0.321. The number of rotatable bonds is 3. The minimum absolute atomic E-state index is 0.321. The van der Waals surface area contributed by atoms with Crippen molar-refractivity contribution in [1.29, 1.82) is 0 Å². The number of hydrogen-bond acceptors (Lipinski definition) is 3. The highest BCUT2D eigenvalue weighted by Crippen LogP contribution is 2.20. The molecule has 4 nitrogen and oxygen atoms in total. The lowest BCUT2D eigenvalue weighted by molar-refractivity contribution is 0.628. The largest absolute Gasteiger partial charge is 0.399 e. The quantitative estimate of drug-likeness (QED) is 0.823. The molecule has 0 radical (unpaired) electrons. The minimum atomic E-state index is -0.321. The zero-order valence-electron chi connectivity index (χ0n) is 9.89. The Hall–Kier alpha value is -2.04. The molecule has 0 saturated heterocycles. The molecule has 0 aliphatic carbocycles. The lowest BCUT2D eigenvalue weighted by Crippen LogP contribution is -2.16. The predicted octanol–water partition coefficient (Wildman–Crippen LogP) is 1.78. The van der Waals surface area contributed by atoms with Crippen LogP contribution < -0.4 is 10.6 Å². The third kappa shape index (κ3) is 2.75. The smallest absolute Gasteiger partial charge is 0.127 e. The van der Waals surface area contributed by atoms with Crippen LogP contribution >= 0.6 is 0 Å². The summed E-state index contributed by atoms with van der Waals surface area (Å²) >= 11 is 0. The molecule has 0 unspecified atom stereocenters. The third-order valence-electron chi connectivity index (χ3n) is 2.52. The van der Waals surface area contributed by atoms with Crippen molar-refractivity contribution in [3.63, 3.8) is 0 Å². The number of aryl methyl sites for hydroxylation is 1. The zero-order valence-corrected chi connectivity index (χ0v) is 9.89. The van der Waals surface area contributed by atoms with E-state index in [-0.39, 0.29) is 5.82 Å². The Kier molecular flexibility index (Phi) is 2.99. The molecule has 2 N–H and O–H groups in total. The van der Waals surface area contributed by atoms with Gasteiger partial charge in [-0.15, -0.1) is 0 Å². The monoisotopic (exact) mass is 234 g/mol. The molecule has 0 spiro atoms. The van der Waals surface area contributed by atoms with Crippen molar-refractivity contribution in [2.75, 3.05) is 17.7 Å². The Morgan fingerprint density at radius 1 is 1.41 bits per heavy atom. The molecular formula is C12H15FN4. The van der Waals surface area contributed by atoms with Gasteiger partial charge in [0, 0.05) is 43.8 Å². The minimum Gasteiger partial charge on any atom is -0.399 e. The number of nitrogens with two attached hydrogens (primary N) is 1. The van der Waals surface area contributed by atoms with E-state index in [1.807, 2.05) is 25.2 Å². The fraction of sp³-hybridized carbons (Fsp3) is 0.250. The number of halogens is 1. The molecule has 0 fully saturated rings. The van der Waals surface area contributed by atoms with Crippen molar-refractivity contribution >= 4 is 11.4 Å². The fourth-order valence-corrected chi connectivity index (χ4v) is 1.74. The van der Waals surface area contributed by atoms with E-state index in [0.29, 0.717) is 12.2 Å². The van der Waals surface area contributed by atoms with Crippen molar-refractivity contribution in [3.05, 3.63) is 42.0 Å². The van der Waals surface area contributed by atoms with E-state index in [4.69, 9.17) is 5.73 Å². The van der Waals surface area contributed by atoms with E-state index in [2.05, 4.69) is 5.10 Å². The van der Waals surface area contributed by atoms with Gasteiger partial charge in [0.1, 0.15) is 5.82 Å². The van der Waals surface area contributed by atoms with Crippen molar-refractivity contribution in [2.45, 2.75) is 6.54 Å². The molecule has 1 heterocycles. The van der Waals surface area contributed by atoms with Gasteiger partial charge in [0.25, 0.3) is 0 Å². The highest BCUT2D eigenvalue weighted by Gasteiger charge is 2.06. The van der Waals surface area contributed by atoms with Gasteiger partial charge >= 0.3 is 0 Å². The summed E-state index contributed by atoms with van der Waals surface area (Å²) in [4.78, 5) is 1.93. The average Bonchev–Trinajstić information content (AvgIpc) is 2.62. The Morgan fingerprint density at radius 2 is 2.18 bits per heavy atom. The van der Waals surface area contributed by atoms with Gasteiger partial charge in [0.05, 0.1) is 6.20 Å². The molecule has 2 rings (SSSR count). The number of nitrogens with zero attached hydrogens (tertiary/aromatic N) is 3. The van der Waals surface area contributed by atoms with Gasteiger partial charge in [-0.3, -0.25) is 4.68 Å². The summed E-state index contributed by atoms with van der Waals surface area (Å²) in [5.41, 5.74) is 7.86. The molecule has 0 aliphatic rings. The van der Waals surface area contributed by atoms with Crippen LogP contribution in [0.15, 0.2) is 30.6 Å². The highest BCUT2D eigenvalue weighted by molar-refractivity contribution is 5.56. The predicted molar refractivity (Wildman–Crippen MR) is 66.1 cm³/mol. The first-order valence-corrected chi connectivity index (χ1v) is 5.29. The van der Waals surface area contributed by atoms with Gasteiger partial charge in [-0.25, -0.2) is 4.39 Å². The standard InChI is InChI=1S/C12H15FN4/c1-16(7-9-6-15-17(2)8-9)12-4-10(13)3-11(14)5-12/h3-6,8H,7,14H2,1-2H3. The highest BCUT2D eigenvalue weighted by atomic mass is 19.1. The Balaban J connectivity index is 2.16. The van der Waals surface area contributed by atoms with Gasteiger partial charge in [-0.05, 0) is 18.2 Å². The van der Waals surface area contributed by atoms with Gasteiger partial charge in [-0.2, -0.15) is 5.10 Å². The zero-order chi connectivity index (χ0) is 12.4. The van der Waals surface area contributed by atoms with Crippen molar-refractivity contribution in [2.24, 2.45) is 7.05 Å². The molecule has 0 amide bonds. The summed E-state index contributed by atoms with van der Waals surface area (Å²) in [5, 5.41) is 4.09. The van der Waals surface area contributed by atoms with Crippen LogP contribution in [-0.4, -0.2) is 16.8 Å². The molecule has 0 bridgehead atoms. The van der Waals surface area contributed by atoms with Gasteiger partial charge in [0.2, 0.25) is 0 Å². The van der Waals surface area contributed by atoms with Crippen LogP contribution in [0.4, 0.5) is 15.8 Å². The molecule has 1 aromatic carbocycles. The van der Waals surface area contributed by atoms with Crippen molar-refractivity contribution < 1.29 is 4.39 Å². The van der Waals surface area contributed by atoms with Gasteiger partial charge in [-0.1, -0.05) is 0 Å². The molecule has 5 heteroatoms. The third-order valence-corrected chi connectivity index (χ3v) is 2.52. The first kappa shape index (κ1) is 11.4. The Bertz CT molecular complexity index is 501. The van der Waals surface area contributed by atoms with E-state index >= 15 is 0 Å². The van der Waals surface area contributed by atoms with Crippen LogP contribution in [0.5, 0.6) is 0 Å². The molecular weight excluding hydrogens is 219 g/mol. The van der Waals surface area contributed by atoms with Crippen LogP contribution in [0.25, 0.3) is 0 Å². The lowest BCUT2D eigenvalue weighted by atomic mass is 10.2. The Morgan fingerprint density at radius 3 is 2.76 bits per heavy atom. The van der Waals surface area contributed by atoms with E-state index in [1.54, 1.807) is 16.9 Å². The van der Waals surface area contributed by atoms with Crippen LogP contribution in [0.1, 0.15) is 5.56 Å². The number of nitrogen functional groups attached to an aromatic ring is 1. The van der Waals surface area contributed by atoms with Crippen LogP contribution in [-0.2, 0) is 13.6 Å².